The van der Waals surface area contributed by atoms with Gasteiger partial charge in [-0.05, 0) is 26.3 Å². The van der Waals surface area contributed by atoms with E-state index in [1.54, 1.807) is 11.3 Å². The van der Waals surface area contributed by atoms with Gasteiger partial charge < -0.3 is 10.6 Å². The van der Waals surface area contributed by atoms with Crippen LogP contribution in [0.2, 0.25) is 0 Å². The van der Waals surface area contributed by atoms with Crippen LogP contribution >= 0.6 is 11.3 Å². The molecule has 2 rings (SSSR count). The zero-order chi connectivity index (χ0) is 10.5. The quantitative estimate of drug-likeness (QED) is 0.818. The molecular weight excluding hydrogens is 206 g/mol. The molecule has 4 heteroatoms. The SMILES string of the molecule is Cc1ncsc1CNCC1CCCCN1. The van der Waals surface area contributed by atoms with Crippen LogP contribution in [0.1, 0.15) is 29.8 Å². The fraction of sp³-hybridized carbons (Fsp3) is 0.727. The highest BCUT2D eigenvalue weighted by Crippen LogP contribution is 2.11. The van der Waals surface area contributed by atoms with E-state index in [-0.39, 0.29) is 0 Å². The van der Waals surface area contributed by atoms with E-state index in [0.717, 1.165) is 13.1 Å². The van der Waals surface area contributed by atoms with Crippen LogP contribution in [0.15, 0.2) is 5.51 Å². The zero-order valence-corrected chi connectivity index (χ0v) is 10.1. The van der Waals surface area contributed by atoms with E-state index in [4.69, 9.17) is 0 Å². The number of rotatable bonds is 4. The van der Waals surface area contributed by atoms with Crippen LogP contribution in [0.4, 0.5) is 0 Å². The minimum absolute atomic E-state index is 0.673. The number of aryl methyl sites for hydroxylation is 1. The van der Waals surface area contributed by atoms with E-state index in [2.05, 4.69) is 22.5 Å². The van der Waals surface area contributed by atoms with Crippen molar-refractivity contribution in [2.24, 2.45) is 0 Å². The molecule has 1 aliphatic rings. The molecule has 0 bridgehead atoms. The van der Waals surface area contributed by atoms with Gasteiger partial charge in [0.05, 0.1) is 11.2 Å². The first-order valence-electron chi connectivity index (χ1n) is 5.69. The van der Waals surface area contributed by atoms with Crippen molar-refractivity contribution < 1.29 is 0 Å². The Hall–Kier alpha value is -0.450. The van der Waals surface area contributed by atoms with E-state index < -0.39 is 0 Å². The van der Waals surface area contributed by atoms with Crippen LogP contribution in [-0.2, 0) is 6.54 Å². The van der Waals surface area contributed by atoms with Gasteiger partial charge in [0.1, 0.15) is 0 Å². The summed E-state index contributed by atoms with van der Waals surface area (Å²) in [7, 11) is 0. The van der Waals surface area contributed by atoms with Gasteiger partial charge >= 0.3 is 0 Å². The third-order valence-corrected chi connectivity index (χ3v) is 3.87. The lowest BCUT2D eigenvalue weighted by Crippen LogP contribution is -2.41. The second-order valence-corrected chi connectivity index (χ2v) is 5.08. The van der Waals surface area contributed by atoms with E-state index in [1.807, 2.05) is 5.51 Å². The van der Waals surface area contributed by atoms with E-state index in [9.17, 15) is 0 Å². The van der Waals surface area contributed by atoms with Crippen LogP contribution in [-0.4, -0.2) is 24.1 Å². The van der Waals surface area contributed by atoms with Crippen LogP contribution in [0.3, 0.4) is 0 Å². The summed E-state index contributed by atoms with van der Waals surface area (Å²) < 4.78 is 0. The second kappa shape index (κ2) is 5.58. The summed E-state index contributed by atoms with van der Waals surface area (Å²) >= 11 is 1.74. The van der Waals surface area contributed by atoms with Crippen molar-refractivity contribution in [1.82, 2.24) is 15.6 Å². The molecule has 1 unspecified atom stereocenters. The van der Waals surface area contributed by atoms with Gasteiger partial charge in [-0.1, -0.05) is 6.42 Å². The molecule has 1 saturated heterocycles. The van der Waals surface area contributed by atoms with E-state index in [1.165, 1.54) is 36.4 Å². The Bertz CT molecular complexity index is 292. The van der Waals surface area contributed by atoms with Crippen LogP contribution < -0.4 is 10.6 Å². The standard InChI is InChI=1S/C11H19N3S/c1-9-11(15-8-14-9)7-12-6-10-4-2-3-5-13-10/h8,10,12-13H,2-7H2,1H3. The average molecular weight is 225 g/mol. The predicted octanol–water partition coefficient (Wildman–Crippen LogP) is 1.68. The number of thiazole rings is 1. The minimum Gasteiger partial charge on any atom is -0.313 e. The first-order valence-corrected chi connectivity index (χ1v) is 6.57. The molecule has 0 spiro atoms. The minimum atomic E-state index is 0.673. The molecular formula is C11H19N3S. The van der Waals surface area contributed by atoms with Gasteiger partial charge in [0.2, 0.25) is 0 Å². The maximum absolute atomic E-state index is 4.24. The molecule has 0 amide bonds. The summed E-state index contributed by atoms with van der Waals surface area (Å²) in [4.78, 5) is 5.61. The molecule has 0 saturated carbocycles. The summed E-state index contributed by atoms with van der Waals surface area (Å²) in [5.74, 6) is 0. The molecule has 1 fully saturated rings. The average Bonchev–Trinajstić information content (AvgIpc) is 2.66. The Labute approximate surface area is 95.3 Å². The first-order chi connectivity index (χ1) is 7.36. The van der Waals surface area contributed by atoms with Gasteiger partial charge in [-0.2, -0.15) is 0 Å². The maximum Gasteiger partial charge on any atom is 0.0798 e. The molecule has 2 heterocycles. The second-order valence-electron chi connectivity index (χ2n) is 4.14. The number of piperidine rings is 1. The third kappa shape index (κ3) is 3.26. The van der Waals surface area contributed by atoms with Crippen molar-refractivity contribution in [2.75, 3.05) is 13.1 Å². The molecule has 1 aromatic heterocycles. The van der Waals surface area contributed by atoms with Gasteiger partial charge in [-0.25, -0.2) is 4.98 Å². The Morgan fingerprint density at radius 2 is 2.53 bits per heavy atom. The van der Waals surface area contributed by atoms with Crippen molar-refractivity contribution in [1.29, 1.82) is 0 Å². The predicted molar refractivity (Wildman–Crippen MR) is 64.2 cm³/mol. The van der Waals surface area contributed by atoms with Gasteiger partial charge in [-0.15, -0.1) is 11.3 Å². The monoisotopic (exact) mass is 225 g/mol. The topological polar surface area (TPSA) is 37.0 Å². The molecule has 0 aromatic carbocycles. The normalized spacial score (nSPS) is 21.8. The molecule has 0 aliphatic carbocycles. The number of aromatic nitrogens is 1. The Balaban J connectivity index is 1.68. The highest BCUT2D eigenvalue weighted by atomic mass is 32.1. The Morgan fingerprint density at radius 1 is 1.60 bits per heavy atom. The summed E-state index contributed by atoms with van der Waals surface area (Å²) in [5.41, 5.74) is 3.09. The number of nitrogens with one attached hydrogen (secondary N) is 2. The molecule has 3 nitrogen and oxygen atoms in total. The van der Waals surface area contributed by atoms with Crippen molar-refractivity contribution >= 4 is 11.3 Å². The first kappa shape index (κ1) is 11.0. The lowest BCUT2D eigenvalue weighted by Gasteiger charge is -2.23. The molecule has 15 heavy (non-hydrogen) atoms. The molecule has 0 radical (unpaired) electrons. The van der Waals surface area contributed by atoms with E-state index in [0.29, 0.717) is 6.04 Å². The molecule has 1 aromatic rings. The number of hydrogen-bond donors (Lipinski definition) is 2. The highest BCUT2D eigenvalue weighted by molar-refractivity contribution is 7.09. The van der Waals surface area contributed by atoms with Crippen molar-refractivity contribution in [3.8, 4) is 0 Å². The summed E-state index contributed by atoms with van der Waals surface area (Å²) in [6.45, 7) is 5.31. The van der Waals surface area contributed by atoms with E-state index >= 15 is 0 Å². The van der Waals surface area contributed by atoms with Crippen molar-refractivity contribution in [2.45, 2.75) is 38.8 Å². The van der Waals surface area contributed by atoms with Crippen molar-refractivity contribution in [3.63, 3.8) is 0 Å². The zero-order valence-electron chi connectivity index (χ0n) is 9.25. The van der Waals surface area contributed by atoms with Crippen LogP contribution in [0.25, 0.3) is 0 Å². The summed E-state index contributed by atoms with van der Waals surface area (Å²) in [5, 5.41) is 7.05. The summed E-state index contributed by atoms with van der Waals surface area (Å²) in [6.07, 6.45) is 4.03. The fourth-order valence-electron chi connectivity index (χ4n) is 1.95. The molecule has 1 atom stereocenters. The fourth-order valence-corrected chi connectivity index (χ4v) is 2.70. The van der Waals surface area contributed by atoms with Crippen LogP contribution in [0, 0.1) is 6.92 Å². The number of hydrogen-bond acceptors (Lipinski definition) is 4. The smallest absolute Gasteiger partial charge is 0.0798 e. The largest absolute Gasteiger partial charge is 0.313 e. The molecule has 2 N–H and O–H groups in total. The highest BCUT2D eigenvalue weighted by Gasteiger charge is 2.11. The maximum atomic E-state index is 4.24. The van der Waals surface area contributed by atoms with Gasteiger partial charge in [0, 0.05) is 24.0 Å². The molecule has 84 valence electrons. The Morgan fingerprint density at radius 3 is 3.20 bits per heavy atom. The van der Waals surface area contributed by atoms with Gasteiger partial charge in [-0.3, -0.25) is 0 Å². The number of nitrogens with zero attached hydrogens (tertiary/aromatic N) is 1. The van der Waals surface area contributed by atoms with Gasteiger partial charge in [0.25, 0.3) is 0 Å². The molecule has 1 aliphatic heterocycles. The lowest BCUT2D eigenvalue weighted by molar-refractivity contribution is 0.383. The van der Waals surface area contributed by atoms with Crippen LogP contribution in [0.5, 0.6) is 0 Å². The summed E-state index contributed by atoms with van der Waals surface area (Å²) in [6, 6.07) is 0.673. The Kier molecular flexibility index (Phi) is 4.11. The van der Waals surface area contributed by atoms with Crippen molar-refractivity contribution in [3.05, 3.63) is 16.1 Å². The third-order valence-electron chi connectivity index (χ3n) is 2.93. The van der Waals surface area contributed by atoms with Gasteiger partial charge in [0.15, 0.2) is 0 Å². The lowest BCUT2D eigenvalue weighted by atomic mass is 10.1.